The number of carbonyl (C=O) groups is 1. The van der Waals surface area contributed by atoms with Crippen molar-refractivity contribution >= 4 is 22.2 Å². The van der Waals surface area contributed by atoms with Crippen LogP contribution < -0.4 is 9.80 Å². The van der Waals surface area contributed by atoms with Crippen LogP contribution in [0.5, 0.6) is 0 Å². The zero-order chi connectivity index (χ0) is 15.1. The van der Waals surface area contributed by atoms with Crippen LogP contribution in [0.25, 0.3) is 0 Å². The molecule has 1 aromatic rings. The molecule has 0 spiro atoms. The molecule has 1 unspecified atom stereocenters. The molecule has 0 aromatic carbocycles. The molecule has 1 fully saturated rings. The average Bonchev–Trinajstić information content (AvgIpc) is 2.93. The first kappa shape index (κ1) is 14.7. The SMILES string of the molecule is CC(=O)N1C[NH+](C2CCCCC2)Cc2c1sc1c2CCCC1. The summed E-state index contributed by atoms with van der Waals surface area (Å²) in [7, 11) is 0. The van der Waals surface area contributed by atoms with E-state index in [1.165, 1.54) is 68.4 Å². The van der Waals surface area contributed by atoms with Gasteiger partial charge >= 0.3 is 0 Å². The van der Waals surface area contributed by atoms with E-state index in [0.29, 0.717) is 0 Å². The molecule has 1 aliphatic heterocycles. The van der Waals surface area contributed by atoms with Crippen molar-refractivity contribution in [2.75, 3.05) is 11.6 Å². The number of amides is 1. The topological polar surface area (TPSA) is 24.8 Å². The van der Waals surface area contributed by atoms with Crippen molar-refractivity contribution in [1.29, 1.82) is 0 Å². The first-order valence-corrected chi connectivity index (χ1v) is 9.82. The van der Waals surface area contributed by atoms with Gasteiger partial charge in [-0.15, -0.1) is 11.3 Å². The lowest BCUT2D eigenvalue weighted by atomic mass is 9.91. The highest BCUT2D eigenvalue weighted by molar-refractivity contribution is 7.16. The molecule has 3 aliphatic rings. The maximum Gasteiger partial charge on any atom is 0.228 e. The second-order valence-electron chi connectivity index (χ2n) is 7.27. The van der Waals surface area contributed by atoms with Crippen molar-refractivity contribution in [3.05, 3.63) is 16.0 Å². The Labute approximate surface area is 137 Å². The largest absolute Gasteiger partial charge is 0.311 e. The third-order valence-electron chi connectivity index (χ3n) is 5.83. The van der Waals surface area contributed by atoms with Crippen molar-refractivity contribution in [1.82, 2.24) is 0 Å². The van der Waals surface area contributed by atoms with E-state index in [1.807, 2.05) is 11.3 Å². The van der Waals surface area contributed by atoms with E-state index in [-0.39, 0.29) is 5.91 Å². The molecule has 0 bridgehead atoms. The fraction of sp³-hybridized carbons (Fsp3) is 0.722. The molecule has 120 valence electrons. The number of fused-ring (bicyclic) bond motifs is 3. The second-order valence-corrected chi connectivity index (χ2v) is 8.35. The first-order chi connectivity index (χ1) is 10.7. The van der Waals surface area contributed by atoms with Crippen molar-refractivity contribution in [3.63, 3.8) is 0 Å². The summed E-state index contributed by atoms with van der Waals surface area (Å²) in [5, 5.41) is 1.29. The number of nitrogens with zero attached hydrogens (tertiary/aromatic N) is 1. The van der Waals surface area contributed by atoms with Crippen LogP contribution in [0, 0.1) is 0 Å². The van der Waals surface area contributed by atoms with Crippen LogP contribution in [-0.4, -0.2) is 18.6 Å². The molecule has 4 rings (SSSR count). The van der Waals surface area contributed by atoms with Gasteiger partial charge in [-0.3, -0.25) is 9.69 Å². The van der Waals surface area contributed by atoms with Gasteiger partial charge in [-0.25, -0.2) is 0 Å². The molecule has 1 N–H and O–H groups in total. The third kappa shape index (κ3) is 2.50. The number of aryl methyl sites for hydroxylation is 1. The molecular weight excluding hydrogens is 292 g/mol. The Kier molecular flexibility index (Phi) is 3.99. The van der Waals surface area contributed by atoms with E-state index in [2.05, 4.69) is 4.90 Å². The molecule has 1 aromatic heterocycles. The maximum absolute atomic E-state index is 12.2. The summed E-state index contributed by atoms with van der Waals surface area (Å²) in [6.07, 6.45) is 12.0. The van der Waals surface area contributed by atoms with Crippen LogP contribution in [0.4, 0.5) is 5.00 Å². The number of thiophene rings is 1. The number of nitrogens with one attached hydrogen (secondary N) is 1. The van der Waals surface area contributed by atoms with Crippen molar-refractivity contribution in [2.45, 2.75) is 77.3 Å². The Balaban J connectivity index is 1.68. The Morgan fingerprint density at radius 1 is 1.09 bits per heavy atom. The number of quaternary nitrogens is 1. The Morgan fingerprint density at radius 3 is 2.64 bits per heavy atom. The van der Waals surface area contributed by atoms with Gasteiger partial charge < -0.3 is 4.90 Å². The van der Waals surface area contributed by atoms with Crippen LogP contribution in [0.3, 0.4) is 0 Å². The summed E-state index contributed by atoms with van der Waals surface area (Å²) in [6, 6.07) is 0.767. The van der Waals surface area contributed by atoms with Crippen LogP contribution in [0.2, 0.25) is 0 Å². The highest BCUT2D eigenvalue weighted by Gasteiger charge is 2.37. The number of carbonyl (C=O) groups excluding carboxylic acids is 1. The normalized spacial score (nSPS) is 25.7. The molecule has 4 heteroatoms. The van der Waals surface area contributed by atoms with Gasteiger partial charge in [-0.2, -0.15) is 0 Å². The van der Waals surface area contributed by atoms with Gasteiger partial charge in [0.15, 0.2) is 6.67 Å². The highest BCUT2D eigenvalue weighted by Crippen LogP contribution is 2.41. The first-order valence-electron chi connectivity index (χ1n) is 9.00. The van der Waals surface area contributed by atoms with Crippen LogP contribution in [-0.2, 0) is 24.2 Å². The van der Waals surface area contributed by atoms with E-state index in [0.717, 1.165) is 19.3 Å². The lowest BCUT2D eigenvalue weighted by molar-refractivity contribution is -0.940. The molecule has 3 nitrogen and oxygen atoms in total. The number of hydrogen-bond donors (Lipinski definition) is 1. The van der Waals surface area contributed by atoms with Crippen molar-refractivity contribution < 1.29 is 9.69 Å². The molecule has 2 aliphatic carbocycles. The zero-order valence-corrected chi connectivity index (χ0v) is 14.4. The Hall–Kier alpha value is -0.870. The Bertz CT molecular complexity index is 574. The lowest BCUT2D eigenvalue weighted by Crippen LogP contribution is -3.17. The second kappa shape index (κ2) is 5.97. The molecule has 0 radical (unpaired) electrons. The summed E-state index contributed by atoms with van der Waals surface area (Å²) in [5.74, 6) is 0.229. The van der Waals surface area contributed by atoms with E-state index in [9.17, 15) is 4.79 Å². The van der Waals surface area contributed by atoms with E-state index >= 15 is 0 Å². The smallest absolute Gasteiger partial charge is 0.228 e. The van der Waals surface area contributed by atoms with Gasteiger partial charge in [-0.05, 0) is 56.9 Å². The van der Waals surface area contributed by atoms with Gasteiger partial charge in [-0.1, -0.05) is 6.42 Å². The van der Waals surface area contributed by atoms with Gasteiger partial charge in [0.1, 0.15) is 11.5 Å². The van der Waals surface area contributed by atoms with Gasteiger partial charge in [0.05, 0.1) is 6.04 Å². The average molecular weight is 319 g/mol. The predicted molar refractivity (Wildman–Crippen MR) is 90.5 cm³/mol. The fourth-order valence-electron chi connectivity index (χ4n) is 4.61. The lowest BCUT2D eigenvalue weighted by Gasteiger charge is -2.38. The molecule has 2 heterocycles. The molecular formula is C18H27N2OS+. The number of anilines is 1. The van der Waals surface area contributed by atoms with E-state index in [1.54, 1.807) is 22.3 Å². The molecule has 1 atom stereocenters. The summed E-state index contributed by atoms with van der Waals surface area (Å²) in [4.78, 5) is 17.5. The zero-order valence-electron chi connectivity index (χ0n) is 13.6. The van der Waals surface area contributed by atoms with E-state index < -0.39 is 0 Å². The molecule has 0 saturated heterocycles. The molecule has 22 heavy (non-hydrogen) atoms. The highest BCUT2D eigenvalue weighted by atomic mass is 32.1. The Morgan fingerprint density at radius 2 is 1.86 bits per heavy atom. The molecule has 1 amide bonds. The van der Waals surface area contributed by atoms with Crippen LogP contribution in [0.1, 0.15) is 67.9 Å². The minimum Gasteiger partial charge on any atom is -0.311 e. The quantitative estimate of drug-likeness (QED) is 0.846. The van der Waals surface area contributed by atoms with Crippen molar-refractivity contribution in [2.24, 2.45) is 0 Å². The summed E-state index contributed by atoms with van der Waals surface area (Å²) >= 11 is 1.91. The summed E-state index contributed by atoms with van der Waals surface area (Å²) in [6.45, 7) is 3.80. The van der Waals surface area contributed by atoms with Crippen LogP contribution >= 0.6 is 11.3 Å². The standard InChI is InChI=1S/C18H26N2OS/c1-13(21)20-12-19(14-7-3-2-4-8-14)11-16-15-9-5-6-10-17(15)22-18(16)20/h14H,2-12H2,1H3/p+1. The monoisotopic (exact) mass is 319 g/mol. The van der Waals surface area contributed by atoms with Gasteiger partial charge in [0, 0.05) is 17.4 Å². The minimum atomic E-state index is 0.229. The van der Waals surface area contributed by atoms with Gasteiger partial charge in [0.2, 0.25) is 5.91 Å². The maximum atomic E-state index is 12.2. The summed E-state index contributed by atoms with van der Waals surface area (Å²) < 4.78 is 0. The van der Waals surface area contributed by atoms with Crippen LogP contribution in [0.15, 0.2) is 0 Å². The van der Waals surface area contributed by atoms with Crippen molar-refractivity contribution in [3.8, 4) is 0 Å². The third-order valence-corrected chi connectivity index (χ3v) is 7.19. The number of hydrogen-bond acceptors (Lipinski definition) is 2. The predicted octanol–water partition coefficient (Wildman–Crippen LogP) is 2.67. The summed E-state index contributed by atoms with van der Waals surface area (Å²) in [5.41, 5.74) is 3.15. The van der Waals surface area contributed by atoms with Gasteiger partial charge in [0.25, 0.3) is 0 Å². The number of rotatable bonds is 1. The molecule has 1 saturated carbocycles. The fourth-order valence-corrected chi connectivity index (χ4v) is 6.06. The minimum absolute atomic E-state index is 0.229. The van der Waals surface area contributed by atoms with E-state index in [4.69, 9.17) is 0 Å².